The number of methoxy groups -OCH3 is 1. The highest BCUT2D eigenvalue weighted by atomic mass is 16.5. The molecular formula is C17H25NO4. The first-order chi connectivity index (χ1) is 10.6. The van der Waals surface area contributed by atoms with Gasteiger partial charge in [-0.1, -0.05) is 6.92 Å². The topological polar surface area (TPSA) is 70.8 Å². The number of hydrogen-bond donors (Lipinski definition) is 1. The van der Waals surface area contributed by atoms with E-state index < -0.39 is 0 Å². The highest BCUT2D eigenvalue weighted by molar-refractivity contribution is 5.69. The standard InChI is InChI=1S/C17H25NO4/c1-12(9-17(19)20-2)11-21-16-10-13(18)7-8-15(16)22-14-5-3-4-6-14/h7-8,10,12,14H,3-6,9,11,18H2,1-2H3. The number of carbonyl (C=O) groups excluding carboxylic acids is 1. The van der Waals surface area contributed by atoms with Crippen LogP contribution in [0.2, 0.25) is 0 Å². The van der Waals surface area contributed by atoms with Crippen molar-refractivity contribution >= 4 is 11.7 Å². The van der Waals surface area contributed by atoms with Gasteiger partial charge in [0.25, 0.3) is 0 Å². The zero-order valence-electron chi connectivity index (χ0n) is 13.3. The van der Waals surface area contributed by atoms with Crippen molar-refractivity contribution in [2.45, 2.75) is 45.1 Å². The van der Waals surface area contributed by atoms with Gasteiger partial charge in [-0.05, 0) is 37.8 Å². The SMILES string of the molecule is COC(=O)CC(C)COc1cc(N)ccc1OC1CCCC1. The zero-order chi connectivity index (χ0) is 15.9. The van der Waals surface area contributed by atoms with Crippen molar-refractivity contribution in [1.29, 1.82) is 0 Å². The van der Waals surface area contributed by atoms with Crippen molar-refractivity contribution < 1.29 is 19.0 Å². The van der Waals surface area contributed by atoms with Gasteiger partial charge in [0.1, 0.15) is 0 Å². The van der Waals surface area contributed by atoms with Crippen molar-refractivity contribution in [3.63, 3.8) is 0 Å². The lowest BCUT2D eigenvalue weighted by Crippen LogP contribution is -2.16. The molecule has 1 aromatic carbocycles. The molecule has 1 unspecified atom stereocenters. The van der Waals surface area contributed by atoms with Gasteiger partial charge in [0.2, 0.25) is 0 Å². The van der Waals surface area contributed by atoms with E-state index in [2.05, 4.69) is 4.74 Å². The summed E-state index contributed by atoms with van der Waals surface area (Å²) in [6.45, 7) is 2.36. The van der Waals surface area contributed by atoms with Crippen LogP contribution in [0.1, 0.15) is 39.0 Å². The largest absolute Gasteiger partial charge is 0.489 e. The molecule has 0 radical (unpaired) electrons. The number of rotatable bonds is 7. The van der Waals surface area contributed by atoms with E-state index in [1.54, 1.807) is 6.07 Å². The fourth-order valence-corrected chi connectivity index (χ4v) is 2.58. The number of ether oxygens (including phenoxy) is 3. The first-order valence-electron chi connectivity index (χ1n) is 7.84. The number of esters is 1. The summed E-state index contributed by atoms with van der Waals surface area (Å²) in [5, 5.41) is 0. The van der Waals surface area contributed by atoms with Gasteiger partial charge in [-0.3, -0.25) is 4.79 Å². The Hall–Kier alpha value is -1.91. The Kier molecular flexibility index (Phi) is 5.92. The van der Waals surface area contributed by atoms with Crippen LogP contribution >= 0.6 is 0 Å². The average molecular weight is 307 g/mol. The molecule has 1 saturated carbocycles. The van der Waals surface area contributed by atoms with Crippen LogP contribution in [-0.2, 0) is 9.53 Å². The van der Waals surface area contributed by atoms with Gasteiger partial charge in [0.15, 0.2) is 11.5 Å². The van der Waals surface area contributed by atoms with E-state index in [1.807, 2.05) is 19.1 Å². The minimum atomic E-state index is -0.230. The monoisotopic (exact) mass is 307 g/mol. The van der Waals surface area contributed by atoms with Crippen molar-refractivity contribution in [2.75, 3.05) is 19.5 Å². The second-order valence-electron chi connectivity index (χ2n) is 5.93. The third kappa shape index (κ3) is 4.83. The molecule has 1 atom stereocenters. The van der Waals surface area contributed by atoms with E-state index in [4.69, 9.17) is 15.2 Å². The highest BCUT2D eigenvalue weighted by Gasteiger charge is 2.19. The molecule has 0 aromatic heterocycles. The van der Waals surface area contributed by atoms with Crippen LogP contribution in [-0.4, -0.2) is 25.8 Å². The van der Waals surface area contributed by atoms with Crippen molar-refractivity contribution in [1.82, 2.24) is 0 Å². The van der Waals surface area contributed by atoms with Crippen LogP contribution in [0.25, 0.3) is 0 Å². The number of hydrogen-bond acceptors (Lipinski definition) is 5. The maximum atomic E-state index is 11.3. The number of nitrogens with two attached hydrogens (primary N) is 1. The van der Waals surface area contributed by atoms with Crippen LogP contribution in [0.5, 0.6) is 11.5 Å². The molecule has 0 bridgehead atoms. The van der Waals surface area contributed by atoms with Gasteiger partial charge in [-0.2, -0.15) is 0 Å². The Bertz CT molecular complexity index is 497. The maximum Gasteiger partial charge on any atom is 0.305 e. The van der Waals surface area contributed by atoms with Crippen molar-refractivity contribution in [2.24, 2.45) is 5.92 Å². The average Bonchev–Trinajstić information content (AvgIpc) is 3.00. The lowest BCUT2D eigenvalue weighted by Gasteiger charge is -2.18. The molecule has 1 aromatic rings. The lowest BCUT2D eigenvalue weighted by molar-refractivity contribution is -0.141. The van der Waals surface area contributed by atoms with Gasteiger partial charge in [0, 0.05) is 17.7 Å². The summed E-state index contributed by atoms with van der Waals surface area (Å²) in [5.74, 6) is 1.20. The Morgan fingerprint density at radius 2 is 2.05 bits per heavy atom. The van der Waals surface area contributed by atoms with Gasteiger partial charge in [-0.25, -0.2) is 0 Å². The zero-order valence-corrected chi connectivity index (χ0v) is 13.3. The van der Waals surface area contributed by atoms with Gasteiger partial charge in [0.05, 0.1) is 26.2 Å². The minimum absolute atomic E-state index is 0.0632. The second kappa shape index (κ2) is 7.92. The van der Waals surface area contributed by atoms with Gasteiger partial charge < -0.3 is 19.9 Å². The second-order valence-corrected chi connectivity index (χ2v) is 5.93. The molecule has 5 nitrogen and oxygen atoms in total. The highest BCUT2D eigenvalue weighted by Crippen LogP contribution is 2.33. The lowest BCUT2D eigenvalue weighted by atomic mass is 10.1. The van der Waals surface area contributed by atoms with E-state index in [-0.39, 0.29) is 18.0 Å². The summed E-state index contributed by atoms with van der Waals surface area (Å²) < 4.78 is 16.5. The molecule has 22 heavy (non-hydrogen) atoms. The smallest absolute Gasteiger partial charge is 0.305 e. The molecule has 2 rings (SSSR count). The Balaban J connectivity index is 1.95. The number of anilines is 1. The molecule has 0 aliphatic heterocycles. The number of benzene rings is 1. The van der Waals surface area contributed by atoms with E-state index in [9.17, 15) is 4.79 Å². The molecule has 1 aliphatic rings. The normalized spacial score (nSPS) is 16.3. The van der Waals surface area contributed by atoms with Crippen LogP contribution in [0, 0.1) is 5.92 Å². The molecule has 0 heterocycles. The molecule has 2 N–H and O–H groups in total. The number of carbonyl (C=O) groups is 1. The molecular weight excluding hydrogens is 282 g/mol. The number of nitrogen functional groups attached to an aromatic ring is 1. The molecule has 0 saturated heterocycles. The summed E-state index contributed by atoms with van der Waals surface area (Å²) in [6, 6.07) is 5.44. The molecule has 122 valence electrons. The van der Waals surface area contributed by atoms with Crippen LogP contribution in [0.15, 0.2) is 18.2 Å². The summed E-state index contributed by atoms with van der Waals surface area (Å²) in [7, 11) is 1.39. The van der Waals surface area contributed by atoms with E-state index in [1.165, 1.54) is 20.0 Å². The third-order valence-corrected chi connectivity index (χ3v) is 3.83. The minimum Gasteiger partial charge on any atom is -0.489 e. The van der Waals surface area contributed by atoms with Gasteiger partial charge >= 0.3 is 5.97 Å². The molecule has 1 aliphatic carbocycles. The quantitative estimate of drug-likeness (QED) is 0.619. The van der Waals surface area contributed by atoms with E-state index >= 15 is 0 Å². The Morgan fingerprint density at radius 3 is 2.73 bits per heavy atom. The summed E-state index contributed by atoms with van der Waals surface area (Å²) in [6.07, 6.45) is 5.19. The molecule has 0 spiro atoms. The van der Waals surface area contributed by atoms with Crippen molar-refractivity contribution in [3.8, 4) is 11.5 Å². The Morgan fingerprint density at radius 1 is 1.32 bits per heavy atom. The van der Waals surface area contributed by atoms with Gasteiger partial charge in [-0.15, -0.1) is 0 Å². The molecule has 0 amide bonds. The van der Waals surface area contributed by atoms with Crippen molar-refractivity contribution in [3.05, 3.63) is 18.2 Å². The first kappa shape index (κ1) is 16.5. The predicted octanol–water partition coefficient (Wildman–Crippen LogP) is 3.17. The fraction of sp³-hybridized carbons (Fsp3) is 0.588. The van der Waals surface area contributed by atoms with E-state index in [0.717, 1.165) is 18.6 Å². The summed E-state index contributed by atoms with van der Waals surface area (Å²) >= 11 is 0. The summed E-state index contributed by atoms with van der Waals surface area (Å²) in [4.78, 5) is 11.3. The predicted molar refractivity (Wildman–Crippen MR) is 85.0 cm³/mol. The first-order valence-corrected chi connectivity index (χ1v) is 7.84. The van der Waals surface area contributed by atoms with Crippen LogP contribution in [0.4, 0.5) is 5.69 Å². The third-order valence-electron chi connectivity index (χ3n) is 3.83. The fourth-order valence-electron chi connectivity index (χ4n) is 2.58. The molecule has 5 heteroatoms. The Labute approximate surface area is 131 Å². The maximum absolute atomic E-state index is 11.3. The van der Waals surface area contributed by atoms with Crippen LogP contribution in [0.3, 0.4) is 0 Å². The molecule has 1 fully saturated rings. The van der Waals surface area contributed by atoms with Crippen LogP contribution < -0.4 is 15.2 Å². The summed E-state index contributed by atoms with van der Waals surface area (Å²) in [5.41, 5.74) is 6.47. The van der Waals surface area contributed by atoms with E-state index in [0.29, 0.717) is 24.5 Å².